The average Bonchev–Trinajstić information content (AvgIpc) is 3.34. The Morgan fingerprint density at radius 3 is 2.24 bits per heavy atom. The topological polar surface area (TPSA) is 36.0 Å². The van der Waals surface area contributed by atoms with Gasteiger partial charge in [-0.1, -0.05) is 30.3 Å². The van der Waals surface area contributed by atoms with Crippen LogP contribution >= 0.6 is 0 Å². The molecule has 0 aromatic heterocycles. The monoisotopic (exact) mass is 445 g/mol. The van der Waals surface area contributed by atoms with Crippen LogP contribution in [0.15, 0.2) is 61.2 Å². The zero-order valence-corrected chi connectivity index (χ0v) is 20.0. The van der Waals surface area contributed by atoms with Gasteiger partial charge < -0.3 is 9.64 Å². The van der Waals surface area contributed by atoms with Crippen molar-refractivity contribution in [1.29, 1.82) is 0 Å². The predicted octanol–water partition coefficient (Wildman–Crippen LogP) is 4.35. The van der Waals surface area contributed by atoms with E-state index >= 15 is 0 Å². The lowest BCUT2D eigenvalue weighted by atomic mass is 9.91. The molecule has 0 saturated carbocycles. The molecule has 5 unspecified atom stereocenters. The van der Waals surface area contributed by atoms with Crippen molar-refractivity contribution >= 4 is 5.91 Å². The minimum Gasteiger partial charge on any atom is -0.497 e. The van der Waals surface area contributed by atoms with Crippen LogP contribution < -0.4 is 4.74 Å². The SMILES string of the molecule is C=CCN1C2CCC1C1CCC2N1C(c1ccc(C(=O)N(C)C)cc1)c1cccc(OC)c1. The van der Waals surface area contributed by atoms with Crippen LogP contribution in [0.5, 0.6) is 5.75 Å². The standard InChI is InChI=1S/C28H35N3O2/c1-5-17-30-23-13-14-24(30)26-16-15-25(23)31(26)27(21-7-6-8-22(18-21)33-4)19-9-11-20(12-10-19)28(32)29(2)3/h5-12,18,23-27H,1,13-17H2,2-4H3. The summed E-state index contributed by atoms with van der Waals surface area (Å²) in [5, 5.41) is 0. The Morgan fingerprint density at radius 2 is 1.67 bits per heavy atom. The van der Waals surface area contributed by atoms with Crippen molar-refractivity contribution in [3.8, 4) is 5.75 Å². The summed E-state index contributed by atoms with van der Waals surface area (Å²) in [6.45, 7) is 5.01. The first kappa shape index (κ1) is 22.2. The summed E-state index contributed by atoms with van der Waals surface area (Å²) in [5.74, 6) is 0.924. The van der Waals surface area contributed by atoms with Crippen LogP contribution in [-0.4, -0.2) is 72.5 Å². The molecule has 3 fully saturated rings. The molecule has 3 aliphatic rings. The van der Waals surface area contributed by atoms with Gasteiger partial charge in [-0.3, -0.25) is 14.6 Å². The summed E-state index contributed by atoms with van der Waals surface area (Å²) in [6, 6.07) is 19.2. The van der Waals surface area contributed by atoms with Crippen LogP contribution in [-0.2, 0) is 0 Å². The van der Waals surface area contributed by atoms with Crippen LogP contribution in [0.3, 0.4) is 0 Å². The molecular weight excluding hydrogens is 410 g/mol. The molecule has 2 aromatic rings. The quantitative estimate of drug-likeness (QED) is 0.594. The average molecular weight is 446 g/mol. The number of carbonyl (C=O) groups is 1. The first-order valence-electron chi connectivity index (χ1n) is 12.1. The second-order valence-electron chi connectivity index (χ2n) is 9.86. The van der Waals surface area contributed by atoms with Crippen molar-refractivity contribution < 1.29 is 9.53 Å². The summed E-state index contributed by atoms with van der Waals surface area (Å²) in [4.78, 5) is 19.6. The molecule has 5 heteroatoms. The van der Waals surface area contributed by atoms with Crippen molar-refractivity contribution in [2.75, 3.05) is 27.7 Å². The van der Waals surface area contributed by atoms with E-state index in [-0.39, 0.29) is 11.9 Å². The fourth-order valence-corrected chi connectivity index (χ4v) is 6.63. The summed E-state index contributed by atoms with van der Waals surface area (Å²) in [7, 11) is 5.32. The van der Waals surface area contributed by atoms with Crippen LogP contribution in [0.1, 0.15) is 53.2 Å². The highest BCUT2D eigenvalue weighted by Crippen LogP contribution is 2.50. The van der Waals surface area contributed by atoms with E-state index in [0.29, 0.717) is 24.2 Å². The molecule has 5 rings (SSSR count). The molecule has 2 aromatic carbocycles. The molecule has 5 atom stereocenters. The lowest BCUT2D eigenvalue weighted by Crippen LogP contribution is -2.60. The van der Waals surface area contributed by atoms with Crippen LogP contribution in [0.4, 0.5) is 0 Å². The molecule has 5 nitrogen and oxygen atoms in total. The Kier molecular flexibility index (Phi) is 6.02. The van der Waals surface area contributed by atoms with Gasteiger partial charge >= 0.3 is 0 Å². The van der Waals surface area contributed by atoms with Gasteiger partial charge in [0.15, 0.2) is 0 Å². The van der Waals surface area contributed by atoms with E-state index in [0.717, 1.165) is 17.9 Å². The number of ether oxygens (including phenoxy) is 1. The van der Waals surface area contributed by atoms with E-state index in [4.69, 9.17) is 4.74 Å². The molecule has 0 spiro atoms. The van der Waals surface area contributed by atoms with Gasteiger partial charge in [-0.05, 0) is 61.1 Å². The van der Waals surface area contributed by atoms with E-state index in [1.54, 1.807) is 26.1 Å². The molecule has 0 radical (unpaired) electrons. The molecule has 0 aliphatic carbocycles. The van der Waals surface area contributed by atoms with Gasteiger partial charge in [0.25, 0.3) is 5.91 Å². The van der Waals surface area contributed by atoms with E-state index in [9.17, 15) is 4.79 Å². The number of carbonyl (C=O) groups excluding carboxylic acids is 1. The van der Waals surface area contributed by atoms with Gasteiger partial charge in [-0.15, -0.1) is 6.58 Å². The van der Waals surface area contributed by atoms with Crippen molar-refractivity contribution in [3.63, 3.8) is 0 Å². The van der Waals surface area contributed by atoms with E-state index in [1.807, 2.05) is 18.2 Å². The molecule has 174 valence electrons. The maximum Gasteiger partial charge on any atom is 0.253 e. The Labute approximate surface area is 197 Å². The summed E-state index contributed by atoms with van der Waals surface area (Å²) in [6.07, 6.45) is 7.11. The molecular formula is C28H35N3O2. The molecule has 1 amide bonds. The predicted molar refractivity (Wildman–Crippen MR) is 132 cm³/mol. The van der Waals surface area contributed by atoms with Crippen LogP contribution in [0, 0.1) is 0 Å². The second-order valence-corrected chi connectivity index (χ2v) is 9.86. The van der Waals surface area contributed by atoms with E-state index in [1.165, 1.54) is 36.8 Å². The fourth-order valence-electron chi connectivity index (χ4n) is 6.63. The Bertz CT molecular complexity index is 998. The normalized spacial score (nSPS) is 27.4. The van der Waals surface area contributed by atoms with Gasteiger partial charge in [0.1, 0.15) is 5.75 Å². The lowest BCUT2D eigenvalue weighted by Gasteiger charge is -2.50. The van der Waals surface area contributed by atoms with Crippen molar-refractivity contribution in [3.05, 3.63) is 77.9 Å². The van der Waals surface area contributed by atoms with Gasteiger partial charge in [0, 0.05) is 50.4 Å². The van der Waals surface area contributed by atoms with E-state index < -0.39 is 0 Å². The highest BCUT2D eigenvalue weighted by molar-refractivity contribution is 5.93. The van der Waals surface area contributed by atoms with Crippen LogP contribution in [0.25, 0.3) is 0 Å². The van der Waals surface area contributed by atoms with Gasteiger partial charge in [0.05, 0.1) is 13.2 Å². The minimum atomic E-state index is 0.0376. The van der Waals surface area contributed by atoms with Gasteiger partial charge in [-0.25, -0.2) is 0 Å². The third-order valence-corrected chi connectivity index (χ3v) is 7.95. The van der Waals surface area contributed by atoms with Crippen molar-refractivity contribution in [2.24, 2.45) is 0 Å². The second kappa shape index (κ2) is 8.96. The lowest BCUT2D eigenvalue weighted by molar-refractivity contribution is -0.00329. The molecule has 0 N–H and O–H groups in total. The third kappa shape index (κ3) is 3.77. The zero-order valence-electron chi connectivity index (χ0n) is 20.0. The molecule has 4 bridgehead atoms. The number of rotatable bonds is 7. The van der Waals surface area contributed by atoms with Crippen LogP contribution in [0.2, 0.25) is 0 Å². The molecule has 3 aliphatic heterocycles. The molecule has 3 saturated heterocycles. The van der Waals surface area contributed by atoms with Crippen molar-refractivity contribution in [1.82, 2.24) is 14.7 Å². The largest absolute Gasteiger partial charge is 0.497 e. The first-order valence-corrected chi connectivity index (χ1v) is 12.1. The van der Waals surface area contributed by atoms with Crippen molar-refractivity contribution in [2.45, 2.75) is 55.9 Å². The first-order chi connectivity index (χ1) is 16.0. The minimum absolute atomic E-state index is 0.0376. The fraction of sp³-hybridized carbons (Fsp3) is 0.464. The third-order valence-electron chi connectivity index (χ3n) is 7.95. The smallest absolute Gasteiger partial charge is 0.253 e. The number of piperazine rings is 1. The zero-order chi connectivity index (χ0) is 23.1. The number of hydrogen-bond donors (Lipinski definition) is 0. The molecule has 33 heavy (non-hydrogen) atoms. The Hall–Kier alpha value is -2.63. The number of nitrogens with zero attached hydrogens (tertiary/aromatic N) is 3. The highest BCUT2D eigenvalue weighted by Gasteiger charge is 2.56. The number of benzene rings is 2. The number of amides is 1. The van der Waals surface area contributed by atoms with Gasteiger partial charge in [-0.2, -0.15) is 0 Å². The maximum absolute atomic E-state index is 12.5. The van der Waals surface area contributed by atoms with Gasteiger partial charge in [0.2, 0.25) is 0 Å². The van der Waals surface area contributed by atoms with E-state index in [2.05, 4.69) is 52.8 Å². The summed E-state index contributed by atoms with van der Waals surface area (Å²) in [5.41, 5.74) is 3.23. The number of methoxy groups -OCH3 is 1. The Balaban J connectivity index is 1.56. The summed E-state index contributed by atoms with van der Waals surface area (Å²) < 4.78 is 5.59. The molecule has 3 heterocycles. The number of hydrogen-bond acceptors (Lipinski definition) is 4. The highest BCUT2D eigenvalue weighted by atomic mass is 16.5. The Morgan fingerprint density at radius 1 is 1.03 bits per heavy atom. The number of fused-ring (bicyclic) bond motifs is 6. The summed E-state index contributed by atoms with van der Waals surface area (Å²) >= 11 is 0. The maximum atomic E-state index is 12.5.